The average molecular weight is 236 g/mol. The van der Waals surface area contributed by atoms with Crippen molar-refractivity contribution in [3.63, 3.8) is 0 Å². The summed E-state index contributed by atoms with van der Waals surface area (Å²) in [6.07, 6.45) is 6.00. The Morgan fingerprint density at radius 1 is 1.59 bits per heavy atom. The molecule has 0 aromatic heterocycles. The van der Waals surface area contributed by atoms with E-state index in [1.165, 1.54) is 5.57 Å². The van der Waals surface area contributed by atoms with Gasteiger partial charge in [-0.2, -0.15) is 0 Å². The summed E-state index contributed by atoms with van der Waals surface area (Å²) in [4.78, 5) is 11.7. The number of carbonyl (C=O) groups excluding carboxylic acids is 1. The van der Waals surface area contributed by atoms with Gasteiger partial charge in [0, 0.05) is 13.0 Å². The first-order valence-electron chi connectivity index (χ1n) is 6.78. The number of aliphatic hydroxyl groups excluding tert-OH is 1. The molecule has 0 radical (unpaired) electrons. The van der Waals surface area contributed by atoms with Crippen molar-refractivity contribution in [3.8, 4) is 0 Å². The molecule has 1 N–H and O–H groups in total. The highest BCUT2D eigenvalue weighted by atomic mass is 16.3. The quantitative estimate of drug-likeness (QED) is 0.800. The van der Waals surface area contributed by atoms with E-state index in [1.54, 1.807) is 0 Å². The Bertz CT molecular complexity index is 345. The predicted molar refractivity (Wildman–Crippen MR) is 68.6 cm³/mol. The summed E-state index contributed by atoms with van der Waals surface area (Å²) >= 11 is 0. The minimum Gasteiger partial charge on any atom is -0.396 e. The molecule has 0 spiro atoms. The normalized spacial score (nSPS) is 39.5. The highest BCUT2D eigenvalue weighted by molar-refractivity contribution is 5.92. The second-order valence-electron chi connectivity index (χ2n) is 6.43. The molecule has 0 aromatic rings. The van der Waals surface area contributed by atoms with Gasteiger partial charge in [0.15, 0.2) is 5.78 Å². The topological polar surface area (TPSA) is 37.3 Å². The first-order chi connectivity index (χ1) is 7.96. The Morgan fingerprint density at radius 3 is 2.94 bits per heavy atom. The molecule has 2 heteroatoms. The molecule has 4 atom stereocenters. The van der Waals surface area contributed by atoms with Crippen LogP contribution in [-0.2, 0) is 4.79 Å². The third kappa shape index (κ3) is 2.33. The van der Waals surface area contributed by atoms with Gasteiger partial charge in [-0.3, -0.25) is 4.79 Å². The van der Waals surface area contributed by atoms with Gasteiger partial charge in [0.25, 0.3) is 0 Å². The Kier molecular flexibility index (Phi) is 3.44. The number of carbonyl (C=O) groups is 1. The number of ketones is 1. The van der Waals surface area contributed by atoms with Gasteiger partial charge in [-0.05, 0) is 55.4 Å². The Labute approximate surface area is 104 Å². The molecule has 2 aliphatic rings. The summed E-state index contributed by atoms with van der Waals surface area (Å²) in [5.74, 6) is 1.86. The molecule has 0 aromatic carbocycles. The van der Waals surface area contributed by atoms with E-state index >= 15 is 0 Å². The summed E-state index contributed by atoms with van der Waals surface area (Å²) in [5, 5.41) is 9.29. The van der Waals surface area contributed by atoms with Crippen LogP contribution in [0.15, 0.2) is 11.6 Å². The molecule has 0 bridgehead atoms. The van der Waals surface area contributed by atoms with Crippen LogP contribution in [0.5, 0.6) is 0 Å². The molecule has 0 saturated heterocycles. The molecule has 96 valence electrons. The van der Waals surface area contributed by atoms with Crippen LogP contribution in [0.3, 0.4) is 0 Å². The van der Waals surface area contributed by atoms with Crippen LogP contribution < -0.4 is 0 Å². The lowest BCUT2D eigenvalue weighted by atomic mass is 9.56. The summed E-state index contributed by atoms with van der Waals surface area (Å²) in [5.41, 5.74) is 1.44. The van der Waals surface area contributed by atoms with E-state index < -0.39 is 0 Å². The van der Waals surface area contributed by atoms with Crippen LogP contribution in [0.1, 0.15) is 46.5 Å². The monoisotopic (exact) mass is 236 g/mol. The van der Waals surface area contributed by atoms with Gasteiger partial charge in [0.2, 0.25) is 0 Å². The molecular weight excluding hydrogens is 212 g/mol. The largest absolute Gasteiger partial charge is 0.396 e. The third-order valence-corrected chi connectivity index (χ3v) is 5.08. The first kappa shape index (κ1) is 12.8. The summed E-state index contributed by atoms with van der Waals surface area (Å²) in [7, 11) is 0. The maximum absolute atomic E-state index is 11.7. The molecule has 2 rings (SSSR count). The lowest BCUT2D eigenvalue weighted by Gasteiger charge is -2.48. The number of rotatable bonds is 2. The Balaban J connectivity index is 2.18. The van der Waals surface area contributed by atoms with Gasteiger partial charge in [-0.25, -0.2) is 0 Å². The molecule has 0 heterocycles. The maximum Gasteiger partial charge on any atom is 0.156 e. The van der Waals surface area contributed by atoms with Crippen LogP contribution in [0.2, 0.25) is 0 Å². The van der Waals surface area contributed by atoms with Crippen molar-refractivity contribution in [3.05, 3.63) is 11.6 Å². The van der Waals surface area contributed by atoms with Crippen molar-refractivity contribution in [1.29, 1.82) is 0 Å². The number of aliphatic hydroxyl groups is 1. The zero-order valence-electron chi connectivity index (χ0n) is 11.2. The van der Waals surface area contributed by atoms with Crippen LogP contribution >= 0.6 is 0 Å². The second kappa shape index (κ2) is 4.56. The zero-order chi connectivity index (χ0) is 12.6. The number of hydrogen-bond donors (Lipinski definition) is 1. The van der Waals surface area contributed by atoms with Crippen molar-refractivity contribution in [2.45, 2.75) is 46.5 Å². The number of allylic oxidation sites excluding steroid dienone is 2. The van der Waals surface area contributed by atoms with Crippen molar-refractivity contribution in [2.24, 2.45) is 23.2 Å². The smallest absolute Gasteiger partial charge is 0.156 e. The number of hydrogen-bond acceptors (Lipinski definition) is 2. The summed E-state index contributed by atoms with van der Waals surface area (Å²) < 4.78 is 0. The lowest BCUT2D eigenvalue weighted by Crippen LogP contribution is -2.41. The summed E-state index contributed by atoms with van der Waals surface area (Å²) in [6.45, 7) is 6.80. The summed E-state index contributed by atoms with van der Waals surface area (Å²) in [6, 6.07) is 0. The van der Waals surface area contributed by atoms with Crippen molar-refractivity contribution in [2.75, 3.05) is 6.61 Å². The minimum atomic E-state index is 0.182. The van der Waals surface area contributed by atoms with Gasteiger partial charge < -0.3 is 5.11 Å². The van der Waals surface area contributed by atoms with E-state index in [4.69, 9.17) is 0 Å². The van der Waals surface area contributed by atoms with Crippen LogP contribution in [0, 0.1) is 23.2 Å². The average Bonchev–Trinajstić information content (AvgIpc) is 2.26. The predicted octanol–water partition coefficient (Wildman–Crippen LogP) is 2.96. The molecule has 1 fully saturated rings. The fourth-order valence-electron chi connectivity index (χ4n) is 3.81. The Hall–Kier alpha value is -0.630. The van der Waals surface area contributed by atoms with Gasteiger partial charge in [-0.15, -0.1) is 0 Å². The highest BCUT2D eigenvalue weighted by Gasteiger charge is 2.44. The molecule has 1 unspecified atom stereocenters. The number of fused-ring (bicyclic) bond motifs is 1. The molecule has 0 aliphatic heterocycles. The fraction of sp³-hybridized carbons (Fsp3) is 0.800. The molecule has 2 aliphatic carbocycles. The van der Waals surface area contributed by atoms with E-state index in [-0.39, 0.29) is 12.0 Å². The standard InChI is InChI=1S/C15H24O2/c1-10-6-13(17)8-15(3)5-4-12(7-14(10)15)11(2)9-16/h6,11-12,14,16H,4-5,7-9H2,1-3H3/t11?,12-,14+,15+/m0/s1. The highest BCUT2D eigenvalue weighted by Crippen LogP contribution is 2.52. The molecule has 17 heavy (non-hydrogen) atoms. The molecule has 1 saturated carbocycles. The van der Waals surface area contributed by atoms with Gasteiger partial charge in [0.05, 0.1) is 0 Å². The molecular formula is C15H24O2. The van der Waals surface area contributed by atoms with Gasteiger partial charge in [-0.1, -0.05) is 19.4 Å². The van der Waals surface area contributed by atoms with Crippen LogP contribution in [-0.4, -0.2) is 17.5 Å². The van der Waals surface area contributed by atoms with Gasteiger partial charge in [0.1, 0.15) is 0 Å². The third-order valence-electron chi connectivity index (χ3n) is 5.08. The molecule has 0 amide bonds. The van der Waals surface area contributed by atoms with Crippen LogP contribution in [0.25, 0.3) is 0 Å². The van der Waals surface area contributed by atoms with Crippen molar-refractivity contribution < 1.29 is 9.90 Å². The molecule has 2 nitrogen and oxygen atoms in total. The maximum atomic E-state index is 11.7. The van der Waals surface area contributed by atoms with Gasteiger partial charge >= 0.3 is 0 Å². The van der Waals surface area contributed by atoms with E-state index in [2.05, 4.69) is 20.8 Å². The second-order valence-corrected chi connectivity index (χ2v) is 6.43. The fourth-order valence-corrected chi connectivity index (χ4v) is 3.81. The SMILES string of the molecule is CC1=CC(=O)C[C@@]2(C)CC[C@H](C(C)CO)C[C@H]12. The van der Waals surface area contributed by atoms with E-state index in [9.17, 15) is 9.90 Å². The van der Waals surface area contributed by atoms with Crippen molar-refractivity contribution >= 4 is 5.78 Å². The van der Waals surface area contributed by atoms with Crippen LogP contribution in [0.4, 0.5) is 0 Å². The lowest BCUT2D eigenvalue weighted by molar-refractivity contribution is -0.119. The van der Waals surface area contributed by atoms with E-state index in [1.807, 2.05) is 6.08 Å². The van der Waals surface area contributed by atoms with E-state index in [0.717, 1.165) is 25.7 Å². The Morgan fingerprint density at radius 2 is 2.29 bits per heavy atom. The van der Waals surface area contributed by atoms with E-state index in [0.29, 0.717) is 23.5 Å². The first-order valence-corrected chi connectivity index (χ1v) is 6.78. The van der Waals surface area contributed by atoms with Crippen molar-refractivity contribution in [1.82, 2.24) is 0 Å². The minimum absolute atomic E-state index is 0.182. The zero-order valence-corrected chi connectivity index (χ0v) is 11.2.